The molecule has 0 spiro atoms. The molecule has 1 saturated heterocycles. The van der Waals surface area contributed by atoms with E-state index in [9.17, 15) is 0 Å². The number of quaternary nitrogens is 1. The smallest absolute Gasteiger partial charge is 0.137 e. The average Bonchev–Trinajstić information content (AvgIpc) is 3.11. The zero-order valence-corrected chi connectivity index (χ0v) is 15.0. The van der Waals surface area contributed by atoms with Gasteiger partial charge in [-0.05, 0) is 48.5 Å². The highest BCUT2D eigenvalue weighted by Gasteiger charge is 2.67. The van der Waals surface area contributed by atoms with E-state index in [4.69, 9.17) is 4.74 Å². The van der Waals surface area contributed by atoms with Crippen LogP contribution in [0.1, 0.15) is 31.2 Å². The monoisotopic (exact) mass is 345 g/mol. The Hall–Kier alpha value is -0.990. The summed E-state index contributed by atoms with van der Waals surface area (Å²) in [7, 11) is 0. The minimum atomic E-state index is 0. The molecule has 3 heteroatoms. The van der Waals surface area contributed by atoms with Crippen molar-refractivity contribution in [3.8, 4) is 5.75 Å². The van der Waals surface area contributed by atoms with Crippen molar-refractivity contribution in [3.63, 3.8) is 0 Å². The molecule has 1 N–H and O–H groups in total. The summed E-state index contributed by atoms with van der Waals surface area (Å²) in [5.41, 5.74) is 1.27. The standard InChI is InChI=1S/C21H27NO.ClH/c1-2-6-20(23-12-11-22-9-3-4-10-22)15(5-1)7-8-17-16-13-18-19(14-16)21(17)18;/h1-2,5-8,16-19,21H,3-4,9-14H2;1H/b8-7+;. The van der Waals surface area contributed by atoms with Crippen LogP contribution >= 0.6 is 0 Å². The predicted molar refractivity (Wildman–Crippen MR) is 92.5 cm³/mol. The fourth-order valence-electron chi connectivity index (χ4n) is 5.81. The average molecular weight is 346 g/mol. The minimum absolute atomic E-state index is 0. The van der Waals surface area contributed by atoms with Crippen molar-refractivity contribution in [2.24, 2.45) is 29.6 Å². The molecule has 130 valence electrons. The zero-order valence-electron chi connectivity index (χ0n) is 14.3. The Morgan fingerprint density at radius 2 is 1.83 bits per heavy atom. The van der Waals surface area contributed by atoms with Crippen LogP contribution in [0, 0.1) is 29.6 Å². The topological polar surface area (TPSA) is 13.7 Å². The summed E-state index contributed by atoms with van der Waals surface area (Å²) < 4.78 is 6.12. The summed E-state index contributed by atoms with van der Waals surface area (Å²) in [6, 6.07) is 8.57. The van der Waals surface area contributed by atoms with Gasteiger partial charge in [-0.2, -0.15) is 0 Å². The Morgan fingerprint density at radius 1 is 1.08 bits per heavy atom. The van der Waals surface area contributed by atoms with E-state index in [-0.39, 0.29) is 12.4 Å². The Morgan fingerprint density at radius 3 is 2.54 bits per heavy atom. The van der Waals surface area contributed by atoms with Crippen LogP contribution in [0.15, 0.2) is 30.3 Å². The molecule has 5 aliphatic rings. The molecule has 4 saturated carbocycles. The van der Waals surface area contributed by atoms with E-state index in [1.54, 1.807) is 4.90 Å². The lowest BCUT2D eigenvalue weighted by molar-refractivity contribution is -0.887. The van der Waals surface area contributed by atoms with Crippen LogP contribution in [-0.2, 0) is 0 Å². The van der Waals surface area contributed by atoms with E-state index >= 15 is 0 Å². The molecule has 3 unspecified atom stereocenters. The lowest BCUT2D eigenvalue weighted by Crippen LogP contribution is -3.10. The number of halogens is 1. The molecule has 24 heavy (non-hydrogen) atoms. The van der Waals surface area contributed by atoms with Crippen molar-refractivity contribution in [2.75, 3.05) is 26.2 Å². The Balaban J connectivity index is 0.00000146. The van der Waals surface area contributed by atoms with Crippen molar-refractivity contribution in [1.29, 1.82) is 0 Å². The third kappa shape index (κ3) is 2.88. The molecular formula is C21H28ClNO. The SMILES string of the molecule is C(=C\C1C2CC3C(C2)C13)/c1ccccc1OCC[NH+]1CCCC1.[Cl-]. The molecule has 5 fully saturated rings. The highest BCUT2D eigenvalue weighted by Crippen LogP contribution is 2.73. The van der Waals surface area contributed by atoms with Gasteiger partial charge in [0.05, 0.1) is 13.1 Å². The van der Waals surface area contributed by atoms with Gasteiger partial charge in [0.2, 0.25) is 0 Å². The third-order valence-corrected chi connectivity index (χ3v) is 6.98. The van der Waals surface area contributed by atoms with Gasteiger partial charge in [-0.15, -0.1) is 0 Å². The predicted octanol–water partition coefficient (Wildman–Crippen LogP) is -0.337. The molecule has 3 atom stereocenters. The first-order chi connectivity index (χ1) is 11.4. The van der Waals surface area contributed by atoms with E-state index in [2.05, 4.69) is 36.4 Å². The highest BCUT2D eigenvalue weighted by molar-refractivity contribution is 5.57. The Labute approximate surface area is 151 Å². The lowest BCUT2D eigenvalue weighted by atomic mass is 9.97. The molecule has 1 heterocycles. The van der Waals surface area contributed by atoms with Crippen LogP contribution in [-0.4, -0.2) is 26.2 Å². The number of para-hydroxylation sites is 1. The fourth-order valence-corrected chi connectivity index (χ4v) is 5.81. The molecular weight excluding hydrogens is 318 g/mol. The van der Waals surface area contributed by atoms with Crippen molar-refractivity contribution in [1.82, 2.24) is 0 Å². The third-order valence-electron chi connectivity index (χ3n) is 6.98. The first kappa shape index (κ1) is 16.5. The van der Waals surface area contributed by atoms with Crippen molar-refractivity contribution >= 4 is 6.08 Å². The first-order valence-corrected chi connectivity index (χ1v) is 9.64. The van der Waals surface area contributed by atoms with Gasteiger partial charge in [0.1, 0.15) is 18.9 Å². The van der Waals surface area contributed by atoms with Crippen molar-refractivity contribution in [2.45, 2.75) is 25.7 Å². The number of benzene rings is 1. The van der Waals surface area contributed by atoms with Crippen LogP contribution in [0.25, 0.3) is 6.08 Å². The lowest BCUT2D eigenvalue weighted by Gasteiger charge is -2.14. The largest absolute Gasteiger partial charge is 1.00 e. The molecule has 0 radical (unpaired) electrons. The van der Waals surface area contributed by atoms with Gasteiger partial charge >= 0.3 is 0 Å². The number of hydrogen-bond acceptors (Lipinski definition) is 1. The van der Waals surface area contributed by atoms with Crippen LogP contribution in [0.5, 0.6) is 5.75 Å². The fraction of sp³-hybridized carbons (Fsp3) is 0.619. The number of allylic oxidation sites excluding steroid dienone is 1. The summed E-state index contributed by atoms with van der Waals surface area (Å²) in [6.07, 6.45) is 10.7. The maximum atomic E-state index is 6.12. The molecule has 2 nitrogen and oxygen atoms in total. The van der Waals surface area contributed by atoms with Gasteiger partial charge in [0, 0.05) is 18.4 Å². The second-order valence-electron chi connectivity index (χ2n) is 8.17. The normalized spacial score (nSPS) is 36.2. The van der Waals surface area contributed by atoms with Gasteiger partial charge < -0.3 is 22.0 Å². The summed E-state index contributed by atoms with van der Waals surface area (Å²) in [5.74, 6) is 6.18. The van der Waals surface area contributed by atoms with Gasteiger partial charge in [0.25, 0.3) is 0 Å². The quantitative estimate of drug-likeness (QED) is 0.745. The molecule has 4 aliphatic carbocycles. The number of ether oxygens (including phenoxy) is 1. The molecule has 1 aromatic carbocycles. The van der Waals surface area contributed by atoms with Gasteiger partial charge in [-0.25, -0.2) is 0 Å². The van der Waals surface area contributed by atoms with E-state index in [1.165, 1.54) is 44.3 Å². The van der Waals surface area contributed by atoms with Crippen LogP contribution in [0.4, 0.5) is 0 Å². The molecule has 1 aliphatic heterocycles. The molecule has 1 aromatic rings. The molecule has 0 aromatic heterocycles. The maximum absolute atomic E-state index is 6.12. The second-order valence-corrected chi connectivity index (χ2v) is 8.17. The molecule has 6 rings (SSSR count). The van der Waals surface area contributed by atoms with E-state index in [0.717, 1.165) is 48.5 Å². The Bertz CT molecular complexity index is 596. The van der Waals surface area contributed by atoms with Crippen LogP contribution in [0.3, 0.4) is 0 Å². The first-order valence-electron chi connectivity index (χ1n) is 9.64. The zero-order chi connectivity index (χ0) is 15.2. The second kappa shape index (κ2) is 6.72. The van der Waals surface area contributed by atoms with E-state index in [1.807, 2.05) is 0 Å². The van der Waals surface area contributed by atoms with Gasteiger partial charge in [-0.3, -0.25) is 0 Å². The molecule has 0 amide bonds. The summed E-state index contributed by atoms with van der Waals surface area (Å²) in [6.45, 7) is 4.66. The molecule has 4 bridgehead atoms. The number of hydrogen-bond donors (Lipinski definition) is 1. The van der Waals surface area contributed by atoms with Gasteiger partial charge in [-0.1, -0.05) is 30.4 Å². The van der Waals surface area contributed by atoms with Crippen LogP contribution < -0.4 is 22.0 Å². The van der Waals surface area contributed by atoms with E-state index in [0.29, 0.717) is 0 Å². The maximum Gasteiger partial charge on any atom is 0.137 e. The van der Waals surface area contributed by atoms with E-state index < -0.39 is 0 Å². The van der Waals surface area contributed by atoms with Crippen molar-refractivity contribution in [3.05, 3.63) is 35.9 Å². The number of rotatable bonds is 6. The summed E-state index contributed by atoms with van der Waals surface area (Å²) in [4.78, 5) is 1.71. The van der Waals surface area contributed by atoms with Crippen molar-refractivity contribution < 1.29 is 22.0 Å². The number of nitrogens with one attached hydrogen (secondary N) is 1. The number of likely N-dealkylation sites (tertiary alicyclic amines) is 1. The highest BCUT2D eigenvalue weighted by atomic mass is 35.5. The summed E-state index contributed by atoms with van der Waals surface area (Å²) in [5, 5.41) is 0. The summed E-state index contributed by atoms with van der Waals surface area (Å²) >= 11 is 0. The van der Waals surface area contributed by atoms with Crippen LogP contribution in [0.2, 0.25) is 0 Å². The Kier molecular flexibility index (Phi) is 4.62. The minimum Gasteiger partial charge on any atom is -1.00 e. The van der Waals surface area contributed by atoms with Gasteiger partial charge in [0.15, 0.2) is 0 Å².